The van der Waals surface area contributed by atoms with Crippen LogP contribution in [-0.2, 0) is 6.42 Å². The van der Waals surface area contributed by atoms with Gasteiger partial charge in [0.25, 0.3) is 0 Å². The Hall–Kier alpha value is -1.97. The van der Waals surface area contributed by atoms with Crippen molar-refractivity contribution >= 4 is 5.82 Å². The van der Waals surface area contributed by atoms with Crippen LogP contribution in [0.2, 0.25) is 0 Å². The third kappa shape index (κ3) is 1.86. The maximum absolute atomic E-state index is 5.89. The lowest BCUT2D eigenvalue weighted by Crippen LogP contribution is -2.04. The summed E-state index contributed by atoms with van der Waals surface area (Å²) >= 11 is 0. The fourth-order valence-electron chi connectivity index (χ4n) is 1.66. The van der Waals surface area contributed by atoms with E-state index in [0.29, 0.717) is 11.6 Å². The van der Waals surface area contributed by atoms with E-state index in [4.69, 9.17) is 5.73 Å². The zero-order valence-electron chi connectivity index (χ0n) is 9.44. The van der Waals surface area contributed by atoms with Crippen LogP contribution in [0.15, 0.2) is 24.4 Å². The molecule has 2 N–H and O–H groups in total. The molecule has 0 aliphatic rings. The minimum atomic E-state index is 0.552. The standard InChI is InChI=1S/C12H14N4/c1-3-9-8(2)15-12(16-11(9)13)10-6-4-5-7-14-10/h4-7H,3H2,1-2H3,(H2,13,15,16). The molecule has 82 valence electrons. The second-order valence-corrected chi connectivity index (χ2v) is 3.56. The molecule has 0 aliphatic carbocycles. The maximum Gasteiger partial charge on any atom is 0.180 e. The Kier molecular flexibility index (Phi) is 2.81. The van der Waals surface area contributed by atoms with Gasteiger partial charge in [-0.3, -0.25) is 4.98 Å². The number of aromatic nitrogens is 3. The van der Waals surface area contributed by atoms with Gasteiger partial charge in [-0.2, -0.15) is 0 Å². The van der Waals surface area contributed by atoms with Crippen LogP contribution in [0.25, 0.3) is 11.5 Å². The Bertz CT molecular complexity index is 471. The van der Waals surface area contributed by atoms with Crippen LogP contribution in [0.4, 0.5) is 5.82 Å². The van der Waals surface area contributed by atoms with Gasteiger partial charge in [0.05, 0.1) is 0 Å². The number of nitrogens with zero attached hydrogens (tertiary/aromatic N) is 3. The second kappa shape index (κ2) is 4.26. The zero-order valence-corrected chi connectivity index (χ0v) is 9.44. The molecule has 4 heteroatoms. The molecule has 0 unspecified atom stereocenters. The van der Waals surface area contributed by atoms with Gasteiger partial charge in [-0.25, -0.2) is 9.97 Å². The molecule has 2 aromatic heterocycles. The first-order chi connectivity index (χ1) is 7.72. The summed E-state index contributed by atoms with van der Waals surface area (Å²) in [7, 11) is 0. The molecular weight excluding hydrogens is 200 g/mol. The summed E-state index contributed by atoms with van der Waals surface area (Å²) in [5.74, 6) is 1.14. The molecule has 0 saturated carbocycles. The molecule has 2 rings (SSSR count). The normalized spacial score (nSPS) is 10.4. The van der Waals surface area contributed by atoms with Crippen LogP contribution in [-0.4, -0.2) is 15.0 Å². The molecule has 0 radical (unpaired) electrons. The molecule has 0 saturated heterocycles. The van der Waals surface area contributed by atoms with E-state index < -0.39 is 0 Å². The highest BCUT2D eigenvalue weighted by Crippen LogP contribution is 2.18. The minimum absolute atomic E-state index is 0.552. The van der Waals surface area contributed by atoms with Gasteiger partial charge in [-0.1, -0.05) is 13.0 Å². The third-order valence-corrected chi connectivity index (χ3v) is 2.49. The molecule has 0 aromatic carbocycles. The maximum atomic E-state index is 5.89. The number of nitrogen functional groups attached to an aromatic ring is 1. The fraction of sp³-hybridized carbons (Fsp3) is 0.250. The zero-order chi connectivity index (χ0) is 11.5. The molecule has 2 aromatic rings. The number of aryl methyl sites for hydroxylation is 1. The predicted octanol–water partition coefficient (Wildman–Crippen LogP) is 1.99. The SMILES string of the molecule is CCc1c(C)nc(-c2ccccn2)nc1N. The largest absolute Gasteiger partial charge is 0.383 e. The van der Waals surface area contributed by atoms with E-state index >= 15 is 0 Å². The van der Waals surface area contributed by atoms with Gasteiger partial charge in [0.1, 0.15) is 11.5 Å². The molecular formula is C12H14N4. The lowest BCUT2D eigenvalue weighted by molar-refractivity contribution is 1.00. The summed E-state index contributed by atoms with van der Waals surface area (Å²) in [5.41, 5.74) is 8.58. The van der Waals surface area contributed by atoms with E-state index in [-0.39, 0.29) is 0 Å². The van der Waals surface area contributed by atoms with E-state index in [1.165, 1.54) is 0 Å². The minimum Gasteiger partial charge on any atom is -0.383 e. The van der Waals surface area contributed by atoms with E-state index in [1.54, 1.807) is 6.20 Å². The van der Waals surface area contributed by atoms with Crippen molar-refractivity contribution < 1.29 is 0 Å². The number of rotatable bonds is 2. The van der Waals surface area contributed by atoms with E-state index in [2.05, 4.69) is 15.0 Å². The first-order valence-electron chi connectivity index (χ1n) is 5.26. The number of nitrogens with two attached hydrogens (primary N) is 1. The number of hydrogen-bond acceptors (Lipinski definition) is 4. The Labute approximate surface area is 94.6 Å². The Morgan fingerprint density at radius 1 is 1.25 bits per heavy atom. The summed E-state index contributed by atoms with van der Waals surface area (Å²) in [4.78, 5) is 12.9. The predicted molar refractivity (Wildman–Crippen MR) is 63.8 cm³/mol. The van der Waals surface area contributed by atoms with Crippen molar-refractivity contribution in [3.05, 3.63) is 35.7 Å². The Balaban J connectivity index is 2.53. The second-order valence-electron chi connectivity index (χ2n) is 3.56. The van der Waals surface area contributed by atoms with Crippen LogP contribution < -0.4 is 5.73 Å². The molecule has 4 nitrogen and oxygen atoms in total. The smallest absolute Gasteiger partial charge is 0.180 e. The molecule has 0 aliphatic heterocycles. The summed E-state index contributed by atoms with van der Waals surface area (Å²) in [6.45, 7) is 3.99. The van der Waals surface area contributed by atoms with Gasteiger partial charge in [-0.05, 0) is 25.5 Å². The summed E-state index contributed by atoms with van der Waals surface area (Å²) in [6.07, 6.45) is 2.57. The van der Waals surface area contributed by atoms with Crippen molar-refractivity contribution in [2.75, 3.05) is 5.73 Å². The van der Waals surface area contributed by atoms with Crippen LogP contribution in [0.1, 0.15) is 18.2 Å². The van der Waals surface area contributed by atoms with Gasteiger partial charge < -0.3 is 5.73 Å². The third-order valence-electron chi connectivity index (χ3n) is 2.49. The van der Waals surface area contributed by atoms with Gasteiger partial charge in [-0.15, -0.1) is 0 Å². The highest BCUT2D eigenvalue weighted by molar-refractivity contribution is 5.54. The summed E-state index contributed by atoms with van der Waals surface area (Å²) in [6, 6.07) is 5.64. The van der Waals surface area contributed by atoms with Crippen molar-refractivity contribution in [2.45, 2.75) is 20.3 Å². The van der Waals surface area contributed by atoms with Gasteiger partial charge >= 0.3 is 0 Å². The summed E-state index contributed by atoms with van der Waals surface area (Å²) in [5, 5.41) is 0. The molecule has 0 atom stereocenters. The molecule has 0 spiro atoms. The first-order valence-corrected chi connectivity index (χ1v) is 5.26. The Morgan fingerprint density at radius 2 is 2.06 bits per heavy atom. The highest BCUT2D eigenvalue weighted by Gasteiger charge is 2.09. The van der Waals surface area contributed by atoms with Crippen molar-refractivity contribution in [2.24, 2.45) is 0 Å². The van der Waals surface area contributed by atoms with Gasteiger partial charge in [0, 0.05) is 17.5 Å². The highest BCUT2D eigenvalue weighted by atomic mass is 15.0. The number of anilines is 1. The Morgan fingerprint density at radius 3 is 2.62 bits per heavy atom. The monoisotopic (exact) mass is 214 g/mol. The van der Waals surface area contributed by atoms with E-state index in [1.807, 2.05) is 32.0 Å². The quantitative estimate of drug-likeness (QED) is 0.830. The van der Waals surface area contributed by atoms with Gasteiger partial charge in [0.15, 0.2) is 5.82 Å². The van der Waals surface area contributed by atoms with Crippen molar-refractivity contribution in [1.82, 2.24) is 15.0 Å². The van der Waals surface area contributed by atoms with E-state index in [9.17, 15) is 0 Å². The fourth-order valence-corrected chi connectivity index (χ4v) is 1.66. The lowest BCUT2D eigenvalue weighted by atomic mass is 10.1. The van der Waals surface area contributed by atoms with Crippen molar-refractivity contribution in [3.8, 4) is 11.5 Å². The van der Waals surface area contributed by atoms with Crippen LogP contribution in [0.5, 0.6) is 0 Å². The summed E-state index contributed by atoms with van der Waals surface area (Å²) < 4.78 is 0. The lowest BCUT2D eigenvalue weighted by Gasteiger charge is -2.07. The molecule has 0 amide bonds. The van der Waals surface area contributed by atoms with Crippen LogP contribution in [0.3, 0.4) is 0 Å². The average Bonchev–Trinajstić information content (AvgIpc) is 2.30. The van der Waals surface area contributed by atoms with Crippen LogP contribution >= 0.6 is 0 Å². The molecule has 16 heavy (non-hydrogen) atoms. The molecule has 2 heterocycles. The van der Waals surface area contributed by atoms with E-state index in [0.717, 1.165) is 23.4 Å². The average molecular weight is 214 g/mol. The van der Waals surface area contributed by atoms with Gasteiger partial charge in [0.2, 0.25) is 0 Å². The van der Waals surface area contributed by atoms with Crippen molar-refractivity contribution in [3.63, 3.8) is 0 Å². The first kappa shape index (κ1) is 10.5. The van der Waals surface area contributed by atoms with Crippen LogP contribution in [0, 0.1) is 6.92 Å². The van der Waals surface area contributed by atoms with Crippen molar-refractivity contribution in [1.29, 1.82) is 0 Å². The molecule has 0 fully saturated rings. The number of pyridine rings is 1. The molecule has 0 bridgehead atoms. The topological polar surface area (TPSA) is 64.7 Å². The number of hydrogen-bond donors (Lipinski definition) is 1.